The van der Waals surface area contributed by atoms with E-state index in [0.29, 0.717) is 5.69 Å². The maximum atomic E-state index is 12.7. The highest BCUT2D eigenvalue weighted by atomic mass is 16.6. The number of hydrogen-bond acceptors (Lipinski definition) is 3. The van der Waals surface area contributed by atoms with Crippen LogP contribution < -0.4 is 0 Å². The third-order valence-corrected chi connectivity index (χ3v) is 4.79. The van der Waals surface area contributed by atoms with Crippen LogP contribution in [0.5, 0.6) is 0 Å². The summed E-state index contributed by atoms with van der Waals surface area (Å²) in [6, 6.07) is 9.99. The van der Waals surface area contributed by atoms with Gasteiger partial charge in [-0.25, -0.2) is 9.78 Å². The molecule has 0 spiro atoms. The van der Waals surface area contributed by atoms with Crippen molar-refractivity contribution in [2.75, 3.05) is 0 Å². The number of nitrogens with zero attached hydrogens (tertiary/aromatic N) is 2. The lowest BCUT2D eigenvalue weighted by Gasteiger charge is -2.32. The molecule has 1 heterocycles. The summed E-state index contributed by atoms with van der Waals surface area (Å²) in [7, 11) is 0. The molecule has 124 valence electrons. The van der Waals surface area contributed by atoms with E-state index in [1.54, 1.807) is 12.5 Å². The van der Waals surface area contributed by atoms with Gasteiger partial charge in [0.2, 0.25) is 0 Å². The lowest BCUT2D eigenvalue weighted by Crippen LogP contribution is -2.36. The van der Waals surface area contributed by atoms with Gasteiger partial charge in [0, 0.05) is 0 Å². The van der Waals surface area contributed by atoms with Gasteiger partial charge >= 0.3 is 5.97 Å². The first-order valence-electron chi connectivity index (χ1n) is 8.43. The van der Waals surface area contributed by atoms with Gasteiger partial charge in [-0.3, -0.25) is 0 Å². The normalized spacial score (nSPS) is 17.7. The summed E-state index contributed by atoms with van der Waals surface area (Å²) >= 11 is 0. The SMILES string of the molecule is C#CC1(OC(=O)c2cncn2[C@H](C)c2ccccc2)CCCCC1. The molecular weight excluding hydrogens is 300 g/mol. The Hall–Kier alpha value is -2.54. The second-order valence-corrected chi connectivity index (χ2v) is 6.36. The highest BCUT2D eigenvalue weighted by molar-refractivity contribution is 5.88. The summed E-state index contributed by atoms with van der Waals surface area (Å²) in [5.41, 5.74) is 0.779. The first-order valence-corrected chi connectivity index (χ1v) is 8.43. The number of imidazole rings is 1. The van der Waals surface area contributed by atoms with Crippen LogP contribution in [0.4, 0.5) is 0 Å². The van der Waals surface area contributed by atoms with E-state index < -0.39 is 11.6 Å². The third-order valence-electron chi connectivity index (χ3n) is 4.79. The van der Waals surface area contributed by atoms with Gasteiger partial charge in [0.1, 0.15) is 5.69 Å². The summed E-state index contributed by atoms with van der Waals surface area (Å²) in [5.74, 6) is 2.32. The van der Waals surface area contributed by atoms with E-state index in [1.165, 1.54) is 0 Å². The molecule has 2 aromatic rings. The second-order valence-electron chi connectivity index (χ2n) is 6.36. The molecule has 0 unspecified atom stereocenters. The largest absolute Gasteiger partial charge is 0.441 e. The Balaban J connectivity index is 1.82. The van der Waals surface area contributed by atoms with Crippen molar-refractivity contribution < 1.29 is 9.53 Å². The van der Waals surface area contributed by atoms with Crippen molar-refractivity contribution in [2.24, 2.45) is 0 Å². The standard InChI is InChI=1S/C20H22N2O2/c1-3-20(12-8-5-9-13-20)24-19(23)18-14-21-15-22(18)16(2)17-10-6-4-7-11-17/h1,4,6-7,10-11,14-16H,5,8-9,12-13H2,2H3/t16-/m1/s1. The van der Waals surface area contributed by atoms with Crippen LogP contribution in [-0.4, -0.2) is 21.1 Å². The smallest absolute Gasteiger partial charge is 0.358 e. The summed E-state index contributed by atoms with van der Waals surface area (Å²) in [5, 5.41) is 0. The molecule has 1 aromatic carbocycles. The highest BCUT2D eigenvalue weighted by Crippen LogP contribution is 2.32. The fourth-order valence-corrected chi connectivity index (χ4v) is 3.29. The Morgan fingerprint density at radius 2 is 2.00 bits per heavy atom. The van der Waals surface area contributed by atoms with Crippen LogP contribution in [0.15, 0.2) is 42.9 Å². The van der Waals surface area contributed by atoms with Gasteiger partial charge in [-0.2, -0.15) is 0 Å². The molecule has 3 rings (SSSR count). The maximum Gasteiger partial charge on any atom is 0.358 e. The molecule has 1 aliphatic rings. The van der Waals surface area contributed by atoms with Crippen molar-refractivity contribution in [1.82, 2.24) is 9.55 Å². The number of terminal acetylenes is 1. The van der Waals surface area contributed by atoms with E-state index in [0.717, 1.165) is 37.7 Å². The molecular formula is C20H22N2O2. The average Bonchev–Trinajstić information content (AvgIpc) is 3.12. The molecule has 1 atom stereocenters. The van der Waals surface area contributed by atoms with Crippen molar-refractivity contribution >= 4 is 5.97 Å². The Kier molecular flexibility index (Phi) is 4.71. The molecule has 0 amide bonds. The number of benzene rings is 1. The first kappa shape index (κ1) is 16.3. The third kappa shape index (κ3) is 3.21. The van der Waals surface area contributed by atoms with E-state index in [-0.39, 0.29) is 6.04 Å². The molecule has 1 aromatic heterocycles. The Morgan fingerprint density at radius 3 is 2.67 bits per heavy atom. The zero-order chi connectivity index (χ0) is 17.0. The fraction of sp³-hybridized carbons (Fsp3) is 0.400. The van der Waals surface area contributed by atoms with Gasteiger partial charge in [0.25, 0.3) is 0 Å². The number of esters is 1. The van der Waals surface area contributed by atoms with Gasteiger partial charge in [-0.15, -0.1) is 6.42 Å². The predicted molar refractivity (Wildman–Crippen MR) is 92.5 cm³/mol. The number of rotatable bonds is 4. The van der Waals surface area contributed by atoms with E-state index in [1.807, 2.05) is 41.8 Å². The first-order chi connectivity index (χ1) is 11.7. The van der Waals surface area contributed by atoms with Crippen molar-refractivity contribution in [3.05, 3.63) is 54.1 Å². The summed E-state index contributed by atoms with van der Waals surface area (Å²) < 4.78 is 7.60. The summed E-state index contributed by atoms with van der Waals surface area (Å²) in [6.45, 7) is 2.03. The predicted octanol–water partition coefficient (Wildman–Crippen LogP) is 3.99. The monoisotopic (exact) mass is 322 g/mol. The van der Waals surface area contributed by atoms with E-state index in [4.69, 9.17) is 11.2 Å². The molecule has 0 N–H and O–H groups in total. The molecule has 1 fully saturated rings. The molecule has 1 saturated carbocycles. The van der Waals surface area contributed by atoms with Crippen LogP contribution in [0.2, 0.25) is 0 Å². The van der Waals surface area contributed by atoms with Gasteiger partial charge in [0.15, 0.2) is 5.60 Å². The summed E-state index contributed by atoms with van der Waals surface area (Å²) in [6.07, 6.45) is 13.5. The Bertz CT molecular complexity index is 736. The van der Waals surface area contributed by atoms with Crippen LogP contribution in [-0.2, 0) is 4.74 Å². The molecule has 0 saturated heterocycles. The summed E-state index contributed by atoms with van der Waals surface area (Å²) in [4.78, 5) is 16.9. The minimum atomic E-state index is -0.763. The van der Waals surface area contributed by atoms with Gasteiger partial charge in [0.05, 0.1) is 18.6 Å². The molecule has 0 bridgehead atoms. The minimum absolute atomic E-state index is 0.00982. The topological polar surface area (TPSA) is 44.1 Å². The van der Waals surface area contributed by atoms with Crippen LogP contribution in [0.25, 0.3) is 0 Å². The lowest BCUT2D eigenvalue weighted by atomic mass is 9.85. The average molecular weight is 322 g/mol. The van der Waals surface area contributed by atoms with Crippen molar-refractivity contribution in [1.29, 1.82) is 0 Å². The van der Waals surface area contributed by atoms with E-state index in [9.17, 15) is 4.79 Å². The van der Waals surface area contributed by atoms with Crippen LogP contribution in [0.1, 0.15) is 61.1 Å². The Morgan fingerprint density at radius 1 is 1.29 bits per heavy atom. The van der Waals surface area contributed by atoms with Gasteiger partial charge in [-0.05, 0) is 38.2 Å². The minimum Gasteiger partial charge on any atom is -0.441 e. The van der Waals surface area contributed by atoms with Crippen LogP contribution >= 0.6 is 0 Å². The number of aromatic nitrogens is 2. The highest BCUT2D eigenvalue weighted by Gasteiger charge is 2.35. The lowest BCUT2D eigenvalue weighted by molar-refractivity contribution is -0.00778. The van der Waals surface area contributed by atoms with Gasteiger partial charge in [-0.1, -0.05) is 42.7 Å². The number of hydrogen-bond donors (Lipinski definition) is 0. The Labute approximate surface area is 142 Å². The van der Waals surface area contributed by atoms with Crippen molar-refractivity contribution in [3.8, 4) is 12.3 Å². The van der Waals surface area contributed by atoms with E-state index >= 15 is 0 Å². The zero-order valence-corrected chi connectivity index (χ0v) is 13.9. The molecule has 24 heavy (non-hydrogen) atoms. The molecule has 4 nitrogen and oxygen atoms in total. The molecule has 1 aliphatic carbocycles. The number of ether oxygens (including phenoxy) is 1. The van der Waals surface area contributed by atoms with Crippen LogP contribution in [0, 0.1) is 12.3 Å². The quantitative estimate of drug-likeness (QED) is 0.631. The zero-order valence-electron chi connectivity index (χ0n) is 13.9. The molecule has 0 radical (unpaired) electrons. The number of carbonyl (C=O) groups is 1. The fourth-order valence-electron chi connectivity index (χ4n) is 3.29. The van der Waals surface area contributed by atoms with Crippen LogP contribution in [0.3, 0.4) is 0 Å². The molecule has 0 aliphatic heterocycles. The van der Waals surface area contributed by atoms with Crippen molar-refractivity contribution in [2.45, 2.75) is 50.7 Å². The van der Waals surface area contributed by atoms with E-state index in [2.05, 4.69) is 10.9 Å². The van der Waals surface area contributed by atoms with Gasteiger partial charge < -0.3 is 9.30 Å². The van der Waals surface area contributed by atoms with Crippen molar-refractivity contribution in [3.63, 3.8) is 0 Å². The second kappa shape index (κ2) is 6.92. The number of carbonyl (C=O) groups excluding carboxylic acids is 1. The molecule has 4 heteroatoms. The maximum absolute atomic E-state index is 12.7.